The number of aryl methyl sites for hydroxylation is 1. The predicted molar refractivity (Wildman–Crippen MR) is 71.4 cm³/mol. The lowest BCUT2D eigenvalue weighted by Crippen LogP contribution is -1.96. The summed E-state index contributed by atoms with van der Waals surface area (Å²) in [6.07, 6.45) is 1.68. The van der Waals surface area contributed by atoms with Gasteiger partial charge in [-0.3, -0.25) is 0 Å². The first kappa shape index (κ1) is 12.5. The Morgan fingerprint density at radius 1 is 1.05 bits per heavy atom. The van der Waals surface area contributed by atoms with Crippen molar-refractivity contribution in [2.24, 2.45) is 0 Å². The first-order valence-corrected chi connectivity index (χ1v) is 6.08. The van der Waals surface area contributed by atoms with Crippen LogP contribution in [0, 0.1) is 18.6 Å². The minimum Gasteiger partial charge on any atom is -0.220 e. The van der Waals surface area contributed by atoms with Crippen molar-refractivity contribution in [1.29, 1.82) is 0 Å². The molecule has 3 nitrogen and oxygen atoms in total. The van der Waals surface area contributed by atoms with Gasteiger partial charge in [0, 0.05) is 5.56 Å². The monoisotopic (exact) mass is 271 g/mol. The van der Waals surface area contributed by atoms with E-state index in [4.69, 9.17) is 0 Å². The zero-order valence-electron chi connectivity index (χ0n) is 10.7. The van der Waals surface area contributed by atoms with Crippen LogP contribution in [0.3, 0.4) is 0 Å². The quantitative estimate of drug-likeness (QED) is 0.714. The molecular weight excluding hydrogens is 260 g/mol. The number of aromatic nitrogens is 3. The molecule has 0 unspecified atom stereocenters. The van der Waals surface area contributed by atoms with Crippen LogP contribution >= 0.6 is 0 Å². The zero-order valence-corrected chi connectivity index (χ0v) is 10.7. The Labute approximate surface area is 114 Å². The third-order valence-electron chi connectivity index (χ3n) is 3.02. The molecule has 100 valence electrons. The van der Waals surface area contributed by atoms with Gasteiger partial charge < -0.3 is 0 Å². The van der Waals surface area contributed by atoms with E-state index in [0.29, 0.717) is 22.5 Å². The van der Waals surface area contributed by atoms with Crippen LogP contribution in [0.15, 0.2) is 48.7 Å². The van der Waals surface area contributed by atoms with E-state index in [2.05, 4.69) is 10.3 Å². The van der Waals surface area contributed by atoms with E-state index in [1.54, 1.807) is 37.4 Å². The van der Waals surface area contributed by atoms with Crippen molar-refractivity contribution in [3.05, 3.63) is 65.9 Å². The molecule has 2 aromatic carbocycles. The highest BCUT2D eigenvalue weighted by Gasteiger charge is 2.07. The fourth-order valence-corrected chi connectivity index (χ4v) is 1.94. The molecule has 0 spiro atoms. The fraction of sp³-hybridized carbons (Fsp3) is 0.0667. The summed E-state index contributed by atoms with van der Waals surface area (Å²) in [6, 6.07) is 10.8. The van der Waals surface area contributed by atoms with Crippen molar-refractivity contribution >= 4 is 0 Å². The summed E-state index contributed by atoms with van der Waals surface area (Å²) in [4.78, 5) is 0. The summed E-state index contributed by atoms with van der Waals surface area (Å²) >= 11 is 0. The normalized spacial score (nSPS) is 10.8. The second-order valence-corrected chi connectivity index (χ2v) is 4.49. The molecular formula is C15H11F2N3. The summed E-state index contributed by atoms with van der Waals surface area (Å²) in [5.74, 6) is -0.589. The van der Waals surface area contributed by atoms with E-state index in [1.165, 1.54) is 22.9 Å². The number of hydrogen-bond acceptors (Lipinski definition) is 2. The van der Waals surface area contributed by atoms with Crippen molar-refractivity contribution in [1.82, 2.24) is 15.0 Å². The van der Waals surface area contributed by atoms with Crippen molar-refractivity contribution in [3.63, 3.8) is 0 Å². The highest BCUT2D eigenvalue weighted by atomic mass is 19.1. The smallest absolute Gasteiger partial charge is 0.126 e. The molecule has 0 fully saturated rings. The SMILES string of the molecule is Cc1cc(-n2cc(-c3cccc(F)c3)nn2)ccc1F. The van der Waals surface area contributed by atoms with Gasteiger partial charge in [0.1, 0.15) is 17.3 Å². The Hall–Kier alpha value is -2.56. The number of halogens is 2. The minimum absolute atomic E-state index is 0.265. The van der Waals surface area contributed by atoms with E-state index in [1.807, 2.05) is 0 Å². The number of benzene rings is 2. The van der Waals surface area contributed by atoms with Gasteiger partial charge in [-0.05, 0) is 42.8 Å². The van der Waals surface area contributed by atoms with Gasteiger partial charge in [-0.15, -0.1) is 5.10 Å². The molecule has 0 N–H and O–H groups in total. The maximum atomic E-state index is 13.2. The Kier molecular flexibility index (Phi) is 3.02. The fourth-order valence-electron chi connectivity index (χ4n) is 1.94. The van der Waals surface area contributed by atoms with Gasteiger partial charge in [-0.2, -0.15) is 0 Å². The molecule has 1 aromatic heterocycles. The van der Waals surface area contributed by atoms with Crippen molar-refractivity contribution < 1.29 is 8.78 Å². The second kappa shape index (κ2) is 4.85. The average Bonchev–Trinajstić information content (AvgIpc) is 2.92. The lowest BCUT2D eigenvalue weighted by Gasteiger charge is -2.02. The van der Waals surface area contributed by atoms with Gasteiger partial charge in [0.25, 0.3) is 0 Å². The lowest BCUT2D eigenvalue weighted by molar-refractivity contribution is 0.617. The maximum Gasteiger partial charge on any atom is 0.126 e. The van der Waals surface area contributed by atoms with Gasteiger partial charge in [-0.25, -0.2) is 13.5 Å². The molecule has 5 heteroatoms. The largest absolute Gasteiger partial charge is 0.220 e. The van der Waals surface area contributed by atoms with Gasteiger partial charge in [0.15, 0.2) is 0 Å². The Balaban J connectivity index is 1.99. The van der Waals surface area contributed by atoms with Gasteiger partial charge in [-0.1, -0.05) is 17.3 Å². The average molecular weight is 271 g/mol. The minimum atomic E-state index is -0.324. The summed E-state index contributed by atoms with van der Waals surface area (Å²) in [5.41, 5.74) is 2.45. The third kappa shape index (κ3) is 2.30. The topological polar surface area (TPSA) is 30.7 Å². The van der Waals surface area contributed by atoms with Gasteiger partial charge in [0.05, 0.1) is 11.9 Å². The first-order chi connectivity index (χ1) is 9.63. The third-order valence-corrected chi connectivity index (χ3v) is 3.02. The highest BCUT2D eigenvalue weighted by molar-refractivity contribution is 5.58. The van der Waals surface area contributed by atoms with E-state index in [-0.39, 0.29) is 11.6 Å². The van der Waals surface area contributed by atoms with Crippen LogP contribution in [-0.2, 0) is 0 Å². The molecule has 0 aliphatic heterocycles. The lowest BCUT2D eigenvalue weighted by atomic mass is 10.1. The number of rotatable bonds is 2. The predicted octanol–water partition coefficient (Wildman–Crippen LogP) is 3.52. The molecule has 3 aromatic rings. The number of nitrogens with zero attached hydrogens (tertiary/aromatic N) is 3. The highest BCUT2D eigenvalue weighted by Crippen LogP contribution is 2.19. The van der Waals surface area contributed by atoms with E-state index < -0.39 is 0 Å². The standard InChI is InChI=1S/C15H11F2N3/c1-10-7-13(5-6-14(10)17)20-9-15(18-19-20)11-3-2-4-12(16)8-11/h2-9H,1H3. The van der Waals surface area contributed by atoms with Crippen LogP contribution in [0.5, 0.6) is 0 Å². The molecule has 0 amide bonds. The van der Waals surface area contributed by atoms with Crippen LogP contribution in [-0.4, -0.2) is 15.0 Å². The van der Waals surface area contributed by atoms with E-state index >= 15 is 0 Å². The van der Waals surface area contributed by atoms with E-state index in [0.717, 1.165) is 0 Å². The summed E-state index contributed by atoms with van der Waals surface area (Å²) in [5, 5.41) is 7.99. The number of hydrogen-bond donors (Lipinski definition) is 0. The molecule has 0 radical (unpaired) electrons. The molecule has 0 aliphatic rings. The summed E-state index contributed by atoms with van der Waals surface area (Å²) in [6.45, 7) is 1.68. The second-order valence-electron chi connectivity index (χ2n) is 4.49. The molecule has 3 rings (SSSR count). The summed E-state index contributed by atoms with van der Waals surface area (Å²) < 4.78 is 28.0. The molecule has 20 heavy (non-hydrogen) atoms. The summed E-state index contributed by atoms with van der Waals surface area (Å²) in [7, 11) is 0. The van der Waals surface area contributed by atoms with Gasteiger partial charge >= 0.3 is 0 Å². The zero-order chi connectivity index (χ0) is 14.1. The van der Waals surface area contributed by atoms with Crippen LogP contribution in [0.2, 0.25) is 0 Å². The van der Waals surface area contributed by atoms with Crippen molar-refractivity contribution in [2.75, 3.05) is 0 Å². The molecule has 0 saturated heterocycles. The Morgan fingerprint density at radius 2 is 1.90 bits per heavy atom. The Morgan fingerprint density at radius 3 is 2.65 bits per heavy atom. The van der Waals surface area contributed by atoms with Crippen LogP contribution < -0.4 is 0 Å². The first-order valence-electron chi connectivity index (χ1n) is 6.08. The van der Waals surface area contributed by atoms with Gasteiger partial charge in [0.2, 0.25) is 0 Å². The van der Waals surface area contributed by atoms with Crippen LogP contribution in [0.1, 0.15) is 5.56 Å². The molecule has 0 saturated carbocycles. The van der Waals surface area contributed by atoms with Crippen molar-refractivity contribution in [3.8, 4) is 16.9 Å². The molecule has 1 heterocycles. The molecule has 0 atom stereocenters. The molecule has 0 bridgehead atoms. The van der Waals surface area contributed by atoms with E-state index in [9.17, 15) is 8.78 Å². The van der Waals surface area contributed by atoms with Crippen LogP contribution in [0.25, 0.3) is 16.9 Å². The van der Waals surface area contributed by atoms with Crippen molar-refractivity contribution in [2.45, 2.75) is 6.92 Å². The van der Waals surface area contributed by atoms with Crippen LogP contribution in [0.4, 0.5) is 8.78 Å². The maximum absolute atomic E-state index is 13.2. The Bertz CT molecular complexity index is 765. The molecule has 0 aliphatic carbocycles.